The third-order valence-corrected chi connectivity index (χ3v) is 13.0. The molecule has 0 saturated carbocycles. The number of fused-ring (bicyclic) bond motifs is 2. The number of halogens is 1. The Kier molecular flexibility index (Phi) is 16.6. The fraction of sp³-hybridized carbons (Fsp3) is 0.346. The van der Waals surface area contributed by atoms with Gasteiger partial charge in [0.2, 0.25) is 0 Å². The van der Waals surface area contributed by atoms with Crippen LogP contribution < -0.4 is 20.9 Å². The van der Waals surface area contributed by atoms with Crippen molar-refractivity contribution in [3.05, 3.63) is 135 Å². The summed E-state index contributed by atoms with van der Waals surface area (Å²) < 4.78 is 10.7. The maximum atomic E-state index is 12.8. The second-order valence-corrected chi connectivity index (χ2v) is 21.3. The molecule has 0 radical (unpaired) electrons. The Morgan fingerprint density at radius 3 is 1.51 bits per heavy atom. The van der Waals surface area contributed by atoms with Crippen LogP contribution in [0.5, 0.6) is 0 Å². The summed E-state index contributed by atoms with van der Waals surface area (Å²) in [6, 6.07) is 18.9. The van der Waals surface area contributed by atoms with Crippen molar-refractivity contribution in [2.75, 3.05) is 67.9 Å². The fourth-order valence-electron chi connectivity index (χ4n) is 7.95. The van der Waals surface area contributed by atoms with Gasteiger partial charge < -0.3 is 29.5 Å². The third-order valence-electron chi connectivity index (χ3n) is 11.4. The summed E-state index contributed by atoms with van der Waals surface area (Å²) in [5, 5.41) is 14.0. The van der Waals surface area contributed by atoms with Crippen LogP contribution in [0.2, 0.25) is 5.15 Å². The molecule has 2 fully saturated rings. The number of ether oxygens (including phenoxy) is 2. The van der Waals surface area contributed by atoms with Crippen molar-refractivity contribution in [2.45, 2.75) is 65.6 Å². The number of hydrogen-bond donors (Lipinski definition) is 3. The van der Waals surface area contributed by atoms with Gasteiger partial charge >= 0.3 is 12.2 Å². The van der Waals surface area contributed by atoms with E-state index in [1.165, 1.54) is 22.7 Å². The molecular formula is C52H57ClN12O6S2. The van der Waals surface area contributed by atoms with E-state index in [1.54, 1.807) is 46.6 Å². The van der Waals surface area contributed by atoms with E-state index in [-0.39, 0.29) is 29.6 Å². The van der Waals surface area contributed by atoms with Crippen molar-refractivity contribution in [3.63, 3.8) is 0 Å². The van der Waals surface area contributed by atoms with Gasteiger partial charge in [0, 0.05) is 112 Å². The predicted octanol–water partition coefficient (Wildman–Crippen LogP) is 9.47. The van der Waals surface area contributed by atoms with Gasteiger partial charge in [0.1, 0.15) is 22.2 Å². The lowest BCUT2D eigenvalue weighted by Crippen LogP contribution is -2.50. The number of aliphatic imine (C=N–C) groups is 2. The monoisotopic (exact) mass is 1040 g/mol. The van der Waals surface area contributed by atoms with Crippen molar-refractivity contribution in [1.82, 2.24) is 35.1 Å². The van der Waals surface area contributed by atoms with Gasteiger partial charge in [-0.25, -0.2) is 29.5 Å². The summed E-state index contributed by atoms with van der Waals surface area (Å²) in [5.74, 6) is 0.439. The summed E-state index contributed by atoms with van der Waals surface area (Å²) in [4.78, 5) is 81.2. The van der Waals surface area contributed by atoms with E-state index >= 15 is 0 Å². The average molecular weight is 1050 g/mol. The van der Waals surface area contributed by atoms with Crippen molar-refractivity contribution in [3.8, 4) is 0 Å². The highest BCUT2D eigenvalue weighted by molar-refractivity contribution is 7.14. The molecule has 3 N–H and O–H groups in total. The lowest BCUT2D eigenvalue weighted by molar-refractivity contribution is 0.0223. The number of carbonyl (C=O) groups is 4. The molecule has 4 amide bonds. The zero-order valence-electron chi connectivity index (χ0n) is 41.5. The minimum atomic E-state index is -0.500. The van der Waals surface area contributed by atoms with E-state index in [1.807, 2.05) is 101 Å². The van der Waals surface area contributed by atoms with Crippen LogP contribution in [0, 0.1) is 0 Å². The molecule has 0 atom stereocenters. The Morgan fingerprint density at radius 1 is 0.603 bits per heavy atom. The largest absolute Gasteiger partial charge is 0.444 e. The molecule has 0 spiro atoms. The van der Waals surface area contributed by atoms with Gasteiger partial charge in [-0.2, -0.15) is 0 Å². The first-order valence-corrected chi connectivity index (χ1v) is 25.9. The normalized spacial score (nSPS) is 15.0. The number of anilines is 3. The molecular weight excluding hydrogens is 988 g/mol. The van der Waals surface area contributed by atoms with Crippen molar-refractivity contribution in [1.29, 1.82) is 0 Å². The summed E-state index contributed by atoms with van der Waals surface area (Å²) in [7, 11) is 0. The van der Waals surface area contributed by atoms with Gasteiger partial charge in [0.15, 0.2) is 10.3 Å². The topological polar surface area (TPSA) is 209 Å². The summed E-state index contributed by atoms with van der Waals surface area (Å²) in [6.07, 6.45) is 7.67. The van der Waals surface area contributed by atoms with Crippen molar-refractivity contribution >= 4 is 97.2 Å². The summed E-state index contributed by atoms with van der Waals surface area (Å²) in [6.45, 7) is 17.0. The Balaban J connectivity index is 0.000000164. The number of nitrogens with zero attached hydrogens (tertiary/aromatic N) is 9. The molecule has 2 aromatic carbocycles. The molecule has 2 saturated heterocycles. The second kappa shape index (κ2) is 23.2. The Labute approximate surface area is 437 Å². The number of amides is 4. The molecule has 6 aromatic rings. The maximum Gasteiger partial charge on any atom is 0.410 e. The molecule has 21 heteroatoms. The van der Waals surface area contributed by atoms with E-state index in [0.717, 1.165) is 65.7 Å². The van der Waals surface area contributed by atoms with E-state index in [4.69, 9.17) is 26.1 Å². The number of rotatable bonds is 7. The van der Waals surface area contributed by atoms with Gasteiger partial charge in [-0.05, 0) is 89.1 Å². The molecule has 73 heavy (non-hydrogen) atoms. The number of thiazole rings is 2. The smallest absolute Gasteiger partial charge is 0.410 e. The van der Waals surface area contributed by atoms with Crippen LogP contribution in [0.25, 0.3) is 0 Å². The van der Waals surface area contributed by atoms with Gasteiger partial charge in [-0.3, -0.25) is 30.2 Å². The number of para-hydroxylation sites is 2. The van der Waals surface area contributed by atoms with Crippen LogP contribution in [-0.4, -0.2) is 129 Å². The third kappa shape index (κ3) is 14.1. The quantitative estimate of drug-likeness (QED) is 0.128. The van der Waals surface area contributed by atoms with Crippen LogP contribution in [0.1, 0.15) is 84.5 Å². The van der Waals surface area contributed by atoms with Gasteiger partial charge in [0.05, 0.1) is 33.9 Å². The molecule has 0 unspecified atom stereocenters. The lowest BCUT2D eigenvalue weighted by atomic mass is 10.0. The van der Waals surface area contributed by atoms with Gasteiger partial charge in [0.25, 0.3) is 11.8 Å². The average Bonchev–Trinajstić information content (AvgIpc) is 4.23. The minimum Gasteiger partial charge on any atom is -0.444 e. The predicted molar refractivity (Wildman–Crippen MR) is 287 cm³/mol. The van der Waals surface area contributed by atoms with Gasteiger partial charge in [-0.15, -0.1) is 22.7 Å². The first-order valence-electron chi connectivity index (χ1n) is 23.8. The number of benzene rings is 2. The molecule has 10 rings (SSSR count). The molecule has 4 aliphatic rings. The van der Waals surface area contributed by atoms with Crippen molar-refractivity contribution < 1.29 is 28.7 Å². The number of hydrogen-bond acceptors (Lipinski definition) is 16. The number of nitrogens with one attached hydrogen (secondary N) is 3. The van der Waals surface area contributed by atoms with Crippen LogP contribution in [0.3, 0.4) is 0 Å². The zero-order chi connectivity index (χ0) is 51.7. The Hall–Kier alpha value is -7.13. The maximum absolute atomic E-state index is 12.8. The molecule has 380 valence electrons. The molecule has 18 nitrogen and oxygen atoms in total. The first-order chi connectivity index (χ1) is 35.0. The standard InChI is InChI=1S/C26H28N6O3S.C17H11ClN4OS.C9H18N2O2/c1-26(2,3)35-25(34)32-12-10-31(11-13-32)21-8-7-18(16-28-21)20-15-17-5-4-6-19(22(17)29-20)23(33)30-24-27-9-14-36-24;18-14-5-4-11(9-20-14)13-8-10-2-1-3-12(15(10)21-13)16(23)22-17-19-6-7-24-17;1-9(2,3)13-8(12)11-6-4-10-5-7-11/h4-9,14,16H,10-13,15H2,1-3H3,(H,27,30,33);1-7,9H,8H2,(H,19,22,23);10H,4-7H2,1-3H3. The molecule has 4 aliphatic heterocycles. The number of aromatic nitrogens is 4. The number of pyridine rings is 2. The summed E-state index contributed by atoms with van der Waals surface area (Å²) >= 11 is 8.59. The second-order valence-electron chi connectivity index (χ2n) is 19.1. The van der Waals surface area contributed by atoms with E-state index in [0.29, 0.717) is 76.9 Å². The highest BCUT2D eigenvalue weighted by Gasteiger charge is 2.28. The Morgan fingerprint density at radius 2 is 1.08 bits per heavy atom. The van der Waals surface area contributed by atoms with Crippen LogP contribution in [0.15, 0.2) is 106 Å². The lowest BCUT2D eigenvalue weighted by Gasteiger charge is -2.36. The highest BCUT2D eigenvalue weighted by atomic mass is 35.5. The molecule has 0 aliphatic carbocycles. The number of carbonyl (C=O) groups excluding carboxylic acids is 4. The zero-order valence-corrected chi connectivity index (χ0v) is 43.9. The molecule has 4 aromatic heterocycles. The minimum absolute atomic E-state index is 0.200. The SMILES string of the molecule is CC(C)(C)OC(=O)N1CCN(c2ccc(C3=Nc4c(cccc4C(=O)Nc4nccs4)C3)cn2)CC1.CC(C)(C)OC(=O)N1CCNCC1.O=C(Nc1nccs1)c1cccc2c1N=C(c1ccc(Cl)nc1)C2. The van der Waals surface area contributed by atoms with E-state index in [9.17, 15) is 19.2 Å². The van der Waals surface area contributed by atoms with Crippen molar-refractivity contribution in [2.24, 2.45) is 9.98 Å². The van der Waals surface area contributed by atoms with Crippen LogP contribution >= 0.6 is 34.3 Å². The fourth-order valence-corrected chi connectivity index (χ4v) is 9.11. The molecule has 0 bridgehead atoms. The highest BCUT2D eigenvalue weighted by Crippen LogP contribution is 2.35. The van der Waals surface area contributed by atoms with Gasteiger partial charge in [-0.1, -0.05) is 35.9 Å². The van der Waals surface area contributed by atoms with Crippen LogP contribution in [0.4, 0.5) is 37.0 Å². The number of piperazine rings is 2. The summed E-state index contributed by atoms with van der Waals surface area (Å²) in [5.41, 5.74) is 7.21. The van der Waals surface area contributed by atoms with E-state index in [2.05, 4.69) is 45.8 Å². The first kappa shape index (κ1) is 52.2. The Bertz CT molecular complexity index is 2960. The van der Waals surface area contributed by atoms with E-state index < -0.39 is 5.60 Å². The molecule has 8 heterocycles. The van der Waals surface area contributed by atoms with Crippen LogP contribution in [-0.2, 0) is 22.3 Å².